The van der Waals surface area contributed by atoms with E-state index in [0.717, 1.165) is 64.0 Å². The maximum atomic E-state index is 12.8. The number of piperidine rings is 1. The number of hydrogen-bond donors (Lipinski definition) is 0. The van der Waals surface area contributed by atoms with E-state index in [4.69, 9.17) is 9.47 Å². The second-order valence-corrected chi connectivity index (χ2v) is 9.29. The minimum Gasteiger partial charge on any atom is -0.381 e. The number of nitrogens with zero attached hydrogens (tertiary/aromatic N) is 3. The Bertz CT molecular complexity index is 671. The molecule has 4 heterocycles. The molecule has 4 fully saturated rings. The molecule has 1 unspecified atom stereocenters. The van der Waals surface area contributed by atoms with Crippen LogP contribution < -0.4 is 0 Å². The summed E-state index contributed by atoms with van der Waals surface area (Å²) in [7, 11) is 0. The summed E-state index contributed by atoms with van der Waals surface area (Å²) in [4.78, 5) is 22.0. The van der Waals surface area contributed by atoms with E-state index >= 15 is 0 Å². The van der Waals surface area contributed by atoms with Gasteiger partial charge in [0, 0.05) is 49.9 Å². The van der Waals surface area contributed by atoms with Crippen molar-refractivity contribution in [2.24, 2.45) is 23.7 Å². The molecular weight excluding hydrogens is 350 g/mol. The number of ether oxygens (including phenoxy) is 2. The molecule has 0 spiro atoms. The van der Waals surface area contributed by atoms with Gasteiger partial charge in [0.2, 0.25) is 5.91 Å². The van der Waals surface area contributed by atoms with Crippen molar-refractivity contribution in [2.45, 2.75) is 26.0 Å². The van der Waals surface area contributed by atoms with Crippen LogP contribution in [-0.4, -0.2) is 72.8 Å². The van der Waals surface area contributed by atoms with E-state index in [-0.39, 0.29) is 12.0 Å². The maximum Gasteiger partial charge on any atom is 0.226 e. The molecule has 0 radical (unpaired) electrons. The van der Waals surface area contributed by atoms with Crippen molar-refractivity contribution in [1.29, 1.82) is 0 Å². The smallest absolute Gasteiger partial charge is 0.226 e. The van der Waals surface area contributed by atoms with E-state index in [1.54, 1.807) is 11.3 Å². The summed E-state index contributed by atoms with van der Waals surface area (Å²) in [6.07, 6.45) is 1.23. The van der Waals surface area contributed by atoms with E-state index in [2.05, 4.69) is 27.1 Å². The van der Waals surface area contributed by atoms with Gasteiger partial charge in [-0.15, -0.1) is 11.3 Å². The van der Waals surface area contributed by atoms with E-state index < -0.39 is 0 Å². The fourth-order valence-corrected chi connectivity index (χ4v) is 5.59. The van der Waals surface area contributed by atoms with Crippen LogP contribution in [0.2, 0.25) is 0 Å². The molecule has 6 nitrogen and oxygen atoms in total. The Kier molecular flexibility index (Phi) is 4.51. The molecule has 5 rings (SSSR count). The van der Waals surface area contributed by atoms with Crippen LogP contribution in [0.4, 0.5) is 0 Å². The molecule has 1 aromatic rings. The third-order valence-electron chi connectivity index (χ3n) is 6.53. The van der Waals surface area contributed by atoms with Crippen molar-refractivity contribution < 1.29 is 14.3 Å². The highest BCUT2D eigenvalue weighted by molar-refractivity contribution is 7.09. The van der Waals surface area contributed by atoms with Gasteiger partial charge in [0.25, 0.3) is 0 Å². The van der Waals surface area contributed by atoms with E-state index in [9.17, 15) is 4.79 Å². The van der Waals surface area contributed by atoms with Gasteiger partial charge in [0.05, 0.1) is 36.6 Å². The molecule has 1 aromatic heterocycles. The molecule has 1 amide bonds. The molecular formula is C19H27N3O3S. The fraction of sp³-hybridized carbons (Fsp3) is 0.789. The topological polar surface area (TPSA) is 54.9 Å². The zero-order valence-corrected chi connectivity index (χ0v) is 16.1. The molecule has 3 aliphatic heterocycles. The highest BCUT2D eigenvalue weighted by Crippen LogP contribution is 2.51. The third kappa shape index (κ3) is 3.19. The summed E-state index contributed by atoms with van der Waals surface area (Å²) in [6, 6.07) is 0. The number of likely N-dealkylation sites (tertiary alicyclic amines) is 1. The molecule has 7 heteroatoms. The van der Waals surface area contributed by atoms with E-state index in [1.807, 2.05) is 0 Å². The lowest BCUT2D eigenvalue weighted by atomic mass is 9.93. The Morgan fingerprint density at radius 1 is 1.31 bits per heavy atom. The van der Waals surface area contributed by atoms with Crippen LogP contribution in [0.15, 0.2) is 5.38 Å². The molecule has 5 atom stereocenters. The first-order chi connectivity index (χ1) is 12.7. The number of carbonyl (C=O) groups excluding carboxylic acids is 1. The van der Waals surface area contributed by atoms with Crippen LogP contribution in [0, 0.1) is 30.6 Å². The SMILES string of the molecule is Cc1nc(CN2CCO[C@@H]3CN(C(=O)C4[C@H]5COC[C@@H]45)CC[C@@H]3C2)cs1. The quantitative estimate of drug-likeness (QED) is 0.797. The average molecular weight is 378 g/mol. The molecule has 142 valence electrons. The first-order valence-electron chi connectivity index (χ1n) is 9.80. The van der Waals surface area contributed by atoms with Crippen molar-refractivity contribution in [1.82, 2.24) is 14.8 Å². The number of fused-ring (bicyclic) bond motifs is 2. The van der Waals surface area contributed by atoms with E-state index in [0.29, 0.717) is 23.7 Å². The Balaban J connectivity index is 1.18. The molecule has 3 saturated heterocycles. The van der Waals surface area contributed by atoms with Gasteiger partial charge in [-0.2, -0.15) is 0 Å². The van der Waals surface area contributed by atoms with Gasteiger partial charge in [-0.05, 0) is 25.2 Å². The summed E-state index contributed by atoms with van der Waals surface area (Å²) in [5.74, 6) is 2.09. The first kappa shape index (κ1) is 17.1. The molecule has 1 aliphatic carbocycles. The number of hydrogen-bond acceptors (Lipinski definition) is 6. The molecule has 26 heavy (non-hydrogen) atoms. The van der Waals surface area contributed by atoms with Crippen molar-refractivity contribution in [3.05, 3.63) is 16.1 Å². The second kappa shape index (κ2) is 6.86. The molecule has 0 N–H and O–H groups in total. The van der Waals surface area contributed by atoms with Crippen molar-refractivity contribution in [3.63, 3.8) is 0 Å². The number of rotatable bonds is 3. The van der Waals surface area contributed by atoms with Gasteiger partial charge in [-0.3, -0.25) is 9.69 Å². The summed E-state index contributed by atoms with van der Waals surface area (Å²) >= 11 is 1.72. The van der Waals surface area contributed by atoms with Gasteiger partial charge in [-0.1, -0.05) is 0 Å². The van der Waals surface area contributed by atoms with Crippen LogP contribution in [0.5, 0.6) is 0 Å². The van der Waals surface area contributed by atoms with Crippen LogP contribution >= 0.6 is 11.3 Å². The summed E-state index contributed by atoms with van der Waals surface area (Å²) < 4.78 is 11.6. The number of thiazole rings is 1. The lowest BCUT2D eigenvalue weighted by Crippen LogP contribution is -2.49. The third-order valence-corrected chi connectivity index (χ3v) is 7.35. The van der Waals surface area contributed by atoms with Crippen LogP contribution in [0.3, 0.4) is 0 Å². The fourth-order valence-electron chi connectivity index (χ4n) is 4.99. The highest BCUT2D eigenvalue weighted by atomic mass is 32.1. The Morgan fingerprint density at radius 2 is 2.15 bits per heavy atom. The predicted molar refractivity (Wildman–Crippen MR) is 97.8 cm³/mol. The minimum atomic E-state index is 0.185. The highest BCUT2D eigenvalue weighted by Gasteiger charge is 2.59. The van der Waals surface area contributed by atoms with Crippen molar-refractivity contribution in [2.75, 3.05) is 46.0 Å². The first-order valence-corrected chi connectivity index (χ1v) is 10.7. The zero-order chi connectivity index (χ0) is 17.7. The van der Waals surface area contributed by atoms with Crippen LogP contribution in [-0.2, 0) is 20.8 Å². The molecule has 0 aromatic carbocycles. The Labute approximate surface area is 158 Å². The van der Waals surface area contributed by atoms with Gasteiger partial charge in [0.15, 0.2) is 0 Å². The summed E-state index contributed by atoms with van der Waals surface area (Å²) in [6.45, 7) is 8.91. The standard InChI is InChI=1S/C19H27N3O3S/c1-12-20-14(11-26-12)7-21-4-5-25-17-8-22(3-2-13(17)6-21)19(23)18-15-9-24-10-16(15)18/h11,13,15-18H,2-10H2,1H3/t13-,15-,16+,17-,18?/m1/s1. The minimum absolute atomic E-state index is 0.185. The van der Waals surface area contributed by atoms with E-state index in [1.165, 1.54) is 5.69 Å². The van der Waals surface area contributed by atoms with Crippen molar-refractivity contribution >= 4 is 17.2 Å². The largest absolute Gasteiger partial charge is 0.381 e. The lowest BCUT2D eigenvalue weighted by molar-refractivity contribution is -0.139. The number of amides is 1. The average Bonchev–Trinajstić information content (AvgIpc) is 2.92. The van der Waals surface area contributed by atoms with Gasteiger partial charge < -0.3 is 14.4 Å². The second-order valence-electron chi connectivity index (χ2n) is 8.23. The molecule has 0 bridgehead atoms. The monoisotopic (exact) mass is 377 g/mol. The summed E-state index contributed by atoms with van der Waals surface area (Å²) in [5, 5.41) is 3.29. The van der Waals surface area contributed by atoms with Gasteiger partial charge >= 0.3 is 0 Å². The lowest BCUT2D eigenvalue weighted by Gasteiger charge is -2.38. The van der Waals surface area contributed by atoms with Crippen LogP contribution in [0.25, 0.3) is 0 Å². The number of aromatic nitrogens is 1. The van der Waals surface area contributed by atoms with Crippen molar-refractivity contribution in [3.8, 4) is 0 Å². The normalized spacial score (nSPS) is 37.1. The summed E-state index contributed by atoms with van der Waals surface area (Å²) in [5.41, 5.74) is 1.17. The van der Waals surface area contributed by atoms with Crippen LogP contribution in [0.1, 0.15) is 17.1 Å². The van der Waals surface area contributed by atoms with Gasteiger partial charge in [0.1, 0.15) is 0 Å². The molecule has 1 saturated carbocycles. The Hall–Kier alpha value is -1.02. The Morgan fingerprint density at radius 3 is 2.92 bits per heavy atom. The predicted octanol–water partition coefficient (Wildman–Crippen LogP) is 1.39. The zero-order valence-electron chi connectivity index (χ0n) is 15.3. The number of aryl methyl sites for hydroxylation is 1. The number of carbonyl (C=O) groups is 1. The molecule has 4 aliphatic rings. The van der Waals surface area contributed by atoms with Gasteiger partial charge in [-0.25, -0.2) is 4.98 Å². The maximum absolute atomic E-state index is 12.8.